The highest BCUT2D eigenvalue weighted by Crippen LogP contribution is 2.45. The van der Waals surface area contributed by atoms with Gasteiger partial charge in [-0.1, -0.05) is 6.42 Å². The van der Waals surface area contributed by atoms with Crippen molar-refractivity contribution < 1.29 is 18.7 Å². The molecule has 0 radical (unpaired) electrons. The summed E-state index contributed by atoms with van der Waals surface area (Å²) in [5.41, 5.74) is -0.406. The van der Waals surface area contributed by atoms with Gasteiger partial charge in [0.2, 0.25) is 0 Å². The van der Waals surface area contributed by atoms with Gasteiger partial charge in [0.1, 0.15) is 11.4 Å². The zero-order valence-electron chi connectivity index (χ0n) is 12.6. The minimum absolute atomic E-state index is 0.180. The van der Waals surface area contributed by atoms with E-state index >= 15 is 0 Å². The molecule has 1 spiro atoms. The molecule has 1 aliphatic heterocycles. The molecule has 1 aromatic rings. The Morgan fingerprint density at radius 1 is 1.45 bits per heavy atom. The van der Waals surface area contributed by atoms with E-state index in [4.69, 9.17) is 0 Å². The molecule has 2 aliphatic rings. The molecule has 5 nitrogen and oxygen atoms in total. The molecule has 0 aromatic carbocycles. The van der Waals surface area contributed by atoms with Gasteiger partial charge >= 0.3 is 0 Å². The van der Waals surface area contributed by atoms with Gasteiger partial charge in [-0.15, -0.1) is 0 Å². The summed E-state index contributed by atoms with van der Waals surface area (Å²) in [6.45, 7) is 1.10. The highest BCUT2D eigenvalue weighted by Gasteiger charge is 2.46. The molecule has 3 rings (SSSR count). The number of nitrogens with zero attached hydrogens (tertiary/aromatic N) is 3. The van der Waals surface area contributed by atoms with Gasteiger partial charge in [0.15, 0.2) is 0 Å². The molecule has 0 unspecified atom stereocenters. The highest BCUT2D eigenvalue weighted by molar-refractivity contribution is 5.92. The molecule has 122 valence electrons. The van der Waals surface area contributed by atoms with Crippen LogP contribution in [0.3, 0.4) is 0 Å². The van der Waals surface area contributed by atoms with Gasteiger partial charge in [-0.3, -0.25) is 9.48 Å². The van der Waals surface area contributed by atoms with E-state index in [-0.39, 0.29) is 28.8 Å². The minimum atomic E-state index is -2.68. The number of halogens is 2. The molecule has 7 heteroatoms. The molecule has 0 bridgehead atoms. The fourth-order valence-corrected chi connectivity index (χ4v) is 3.89. The first-order chi connectivity index (χ1) is 10.4. The number of carbonyl (C=O) groups is 1. The van der Waals surface area contributed by atoms with Crippen molar-refractivity contribution in [2.24, 2.45) is 12.5 Å². The molecular formula is C15H21F2N3O2. The number of aryl methyl sites for hydroxylation is 1. The molecule has 2 fully saturated rings. The van der Waals surface area contributed by atoms with Crippen LogP contribution in [0.25, 0.3) is 0 Å². The standard InChI is InChI=1S/C15H21F2N3O2/c1-19-11(8-10(18-19)13(16)17)14(22)20-7-3-6-15(9-20)5-2-4-12(15)21/h8,12-13,21H,2-7,9H2,1H3/t12-,15+/m1/s1. The van der Waals surface area contributed by atoms with Gasteiger partial charge in [-0.2, -0.15) is 5.10 Å². The van der Waals surface area contributed by atoms with Crippen molar-refractivity contribution in [1.82, 2.24) is 14.7 Å². The van der Waals surface area contributed by atoms with Crippen LogP contribution in [-0.2, 0) is 7.05 Å². The van der Waals surface area contributed by atoms with Crippen LogP contribution in [0.15, 0.2) is 6.07 Å². The smallest absolute Gasteiger partial charge is 0.282 e. The fourth-order valence-electron chi connectivity index (χ4n) is 3.89. The summed E-state index contributed by atoms with van der Waals surface area (Å²) in [7, 11) is 1.50. The average Bonchev–Trinajstić information content (AvgIpc) is 3.03. The van der Waals surface area contributed by atoms with E-state index in [2.05, 4.69) is 5.10 Å². The quantitative estimate of drug-likeness (QED) is 0.910. The zero-order chi connectivity index (χ0) is 15.9. The first kappa shape index (κ1) is 15.4. The van der Waals surface area contributed by atoms with Gasteiger partial charge in [-0.25, -0.2) is 8.78 Å². The maximum Gasteiger partial charge on any atom is 0.282 e. The third kappa shape index (κ3) is 2.51. The number of aliphatic hydroxyl groups excluding tert-OH is 1. The second kappa shape index (κ2) is 5.61. The topological polar surface area (TPSA) is 58.4 Å². The van der Waals surface area contributed by atoms with Gasteiger partial charge in [-0.05, 0) is 31.7 Å². The Morgan fingerprint density at radius 3 is 2.77 bits per heavy atom. The van der Waals surface area contributed by atoms with Crippen molar-refractivity contribution in [2.45, 2.75) is 44.6 Å². The molecule has 1 aromatic heterocycles. The first-order valence-electron chi connectivity index (χ1n) is 7.72. The van der Waals surface area contributed by atoms with Crippen LogP contribution in [0.5, 0.6) is 0 Å². The lowest BCUT2D eigenvalue weighted by atomic mass is 9.76. The van der Waals surface area contributed by atoms with E-state index in [1.165, 1.54) is 17.8 Å². The lowest BCUT2D eigenvalue weighted by molar-refractivity contribution is -0.00570. The van der Waals surface area contributed by atoms with E-state index in [1.54, 1.807) is 4.90 Å². The molecule has 1 saturated carbocycles. The van der Waals surface area contributed by atoms with Crippen LogP contribution in [-0.4, -0.2) is 44.9 Å². The fraction of sp³-hybridized carbons (Fsp3) is 0.733. The average molecular weight is 313 g/mol. The van der Waals surface area contributed by atoms with Crippen molar-refractivity contribution in [2.75, 3.05) is 13.1 Å². The first-order valence-corrected chi connectivity index (χ1v) is 7.72. The van der Waals surface area contributed by atoms with Crippen LogP contribution in [0, 0.1) is 5.41 Å². The lowest BCUT2D eigenvalue weighted by Crippen LogP contribution is -2.49. The summed E-state index contributed by atoms with van der Waals surface area (Å²) in [5.74, 6) is -0.278. The number of hydrogen-bond acceptors (Lipinski definition) is 3. The molecule has 1 aliphatic carbocycles. The second-order valence-corrected chi connectivity index (χ2v) is 6.48. The molecule has 22 heavy (non-hydrogen) atoms. The number of alkyl halides is 2. The number of rotatable bonds is 2. The molecule has 2 heterocycles. The Balaban J connectivity index is 1.80. The monoisotopic (exact) mass is 313 g/mol. The van der Waals surface area contributed by atoms with Crippen LogP contribution < -0.4 is 0 Å². The maximum absolute atomic E-state index is 12.7. The Kier molecular flexibility index (Phi) is 3.92. The van der Waals surface area contributed by atoms with Crippen LogP contribution in [0.4, 0.5) is 8.78 Å². The van der Waals surface area contributed by atoms with Crippen LogP contribution in [0.1, 0.15) is 54.7 Å². The van der Waals surface area contributed by atoms with E-state index in [1.807, 2.05) is 0 Å². The second-order valence-electron chi connectivity index (χ2n) is 6.48. The zero-order valence-corrected chi connectivity index (χ0v) is 12.6. The van der Waals surface area contributed by atoms with Gasteiger partial charge in [0, 0.05) is 25.6 Å². The summed E-state index contributed by atoms with van der Waals surface area (Å²) in [6.07, 6.45) is 1.39. The Morgan fingerprint density at radius 2 is 2.18 bits per heavy atom. The van der Waals surface area contributed by atoms with Crippen LogP contribution in [0.2, 0.25) is 0 Å². The molecule has 1 N–H and O–H groups in total. The largest absolute Gasteiger partial charge is 0.392 e. The normalized spacial score (nSPS) is 28.8. The number of aliphatic hydroxyl groups is 1. The summed E-state index contributed by atoms with van der Waals surface area (Å²) < 4.78 is 26.7. The van der Waals surface area contributed by atoms with Crippen LogP contribution >= 0.6 is 0 Å². The third-order valence-electron chi connectivity index (χ3n) is 5.10. The summed E-state index contributed by atoms with van der Waals surface area (Å²) in [6, 6.07) is 1.17. The van der Waals surface area contributed by atoms with Crippen molar-refractivity contribution in [1.29, 1.82) is 0 Å². The van der Waals surface area contributed by atoms with Crippen molar-refractivity contribution in [3.8, 4) is 0 Å². The Bertz CT molecular complexity index is 575. The van der Waals surface area contributed by atoms with Gasteiger partial charge in [0.25, 0.3) is 12.3 Å². The number of piperidine rings is 1. The van der Waals surface area contributed by atoms with E-state index in [9.17, 15) is 18.7 Å². The predicted molar refractivity (Wildman–Crippen MR) is 75.6 cm³/mol. The number of carbonyl (C=O) groups excluding carboxylic acids is 1. The van der Waals surface area contributed by atoms with Crippen molar-refractivity contribution >= 4 is 5.91 Å². The highest BCUT2D eigenvalue weighted by atomic mass is 19.3. The van der Waals surface area contributed by atoms with E-state index < -0.39 is 6.43 Å². The SMILES string of the molecule is Cn1nc(C(F)F)cc1C(=O)N1CCC[C@@]2(CCC[C@H]2O)C1. The Hall–Kier alpha value is -1.50. The molecular weight excluding hydrogens is 292 g/mol. The number of amides is 1. The summed E-state index contributed by atoms with van der Waals surface area (Å²) >= 11 is 0. The molecule has 2 atom stereocenters. The summed E-state index contributed by atoms with van der Waals surface area (Å²) in [5, 5.41) is 14.0. The Labute approximate surface area is 127 Å². The predicted octanol–water partition coefficient (Wildman–Crippen LogP) is 2.12. The molecule has 1 amide bonds. The summed E-state index contributed by atoms with van der Waals surface area (Å²) in [4.78, 5) is 14.3. The lowest BCUT2D eigenvalue weighted by Gasteiger charge is -2.42. The van der Waals surface area contributed by atoms with Crippen molar-refractivity contribution in [3.63, 3.8) is 0 Å². The van der Waals surface area contributed by atoms with E-state index in [0.29, 0.717) is 13.1 Å². The van der Waals surface area contributed by atoms with E-state index in [0.717, 1.165) is 32.1 Å². The number of likely N-dealkylation sites (tertiary alicyclic amines) is 1. The molecule has 1 saturated heterocycles. The maximum atomic E-state index is 12.7. The number of hydrogen-bond donors (Lipinski definition) is 1. The van der Waals surface area contributed by atoms with Crippen molar-refractivity contribution in [3.05, 3.63) is 17.5 Å². The van der Waals surface area contributed by atoms with Gasteiger partial charge < -0.3 is 10.0 Å². The third-order valence-corrected chi connectivity index (χ3v) is 5.10. The van der Waals surface area contributed by atoms with Gasteiger partial charge in [0.05, 0.1) is 6.10 Å². The minimum Gasteiger partial charge on any atom is -0.392 e. The number of aromatic nitrogens is 2.